The SMILES string of the molecule is O=C(O)c1cnn(C2CCN(C(=O)Cc3ccc4c(c3)CCO4)CC2)c1. The predicted octanol–water partition coefficient (Wildman–Crippen LogP) is 1.92. The quantitative estimate of drug-likeness (QED) is 0.906. The number of carbonyl (C=O) groups excluding carboxylic acids is 1. The topological polar surface area (TPSA) is 84.7 Å². The summed E-state index contributed by atoms with van der Waals surface area (Å²) in [6, 6.07) is 6.13. The highest BCUT2D eigenvalue weighted by molar-refractivity contribution is 5.86. The lowest BCUT2D eigenvalue weighted by Gasteiger charge is -2.32. The van der Waals surface area contributed by atoms with Crippen molar-refractivity contribution < 1.29 is 19.4 Å². The van der Waals surface area contributed by atoms with Crippen LogP contribution in [0.1, 0.15) is 40.4 Å². The normalized spacial score (nSPS) is 17.0. The first-order chi connectivity index (χ1) is 12.6. The molecule has 2 aliphatic rings. The number of aromatic carboxylic acids is 1. The number of benzene rings is 1. The number of carbonyl (C=O) groups is 2. The predicted molar refractivity (Wildman–Crippen MR) is 93.4 cm³/mol. The number of amides is 1. The molecule has 0 atom stereocenters. The zero-order chi connectivity index (χ0) is 18.1. The molecule has 7 nitrogen and oxygen atoms in total. The van der Waals surface area contributed by atoms with Crippen LogP contribution in [0.3, 0.4) is 0 Å². The summed E-state index contributed by atoms with van der Waals surface area (Å²) in [6.45, 7) is 2.05. The van der Waals surface area contributed by atoms with Gasteiger partial charge < -0.3 is 14.7 Å². The fourth-order valence-corrected chi connectivity index (χ4v) is 3.66. The maximum Gasteiger partial charge on any atom is 0.338 e. The molecule has 0 saturated carbocycles. The molecule has 0 aliphatic carbocycles. The van der Waals surface area contributed by atoms with E-state index in [0.29, 0.717) is 19.5 Å². The average molecular weight is 355 g/mol. The van der Waals surface area contributed by atoms with Crippen molar-refractivity contribution >= 4 is 11.9 Å². The van der Waals surface area contributed by atoms with Gasteiger partial charge in [-0.15, -0.1) is 0 Å². The summed E-state index contributed by atoms with van der Waals surface area (Å²) in [5.74, 6) is 0.0968. The van der Waals surface area contributed by atoms with E-state index in [9.17, 15) is 9.59 Å². The molecule has 1 aromatic heterocycles. The molecule has 26 heavy (non-hydrogen) atoms. The van der Waals surface area contributed by atoms with E-state index in [-0.39, 0.29) is 17.5 Å². The number of aromatic nitrogens is 2. The van der Waals surface area contributed by atoms with Crippen molar-refractivity contribution in [2.75, 3.05) is 19.7 Å². The highest BCUT2D eigenvalue weighted by atomic mass is 16.5. The first-order valence-electron chi connectivity index (χ1n) is 8.90. The van der Waals surface area contributed by atoms with Crippen molar-refractivity contribution in [1.82, 2.24) is 14.7 Å². The maximum atomic E-state index is 12.6. The van der Waals surface area contributed by atoms with E-state index < -0.39 is 5.97 Å². The highest BCUT2D eigenvalue weighted by Gasteiger charge is 2.25. The minimum Gasteiger partial charge on any atom is -0.493 e. The van der Waals surface area contributed by atoms with Crippen molar-refractivity contribution in [3.8, 4) is 5.75 Å². The van der Waals surface area contributed by atoms with Gasteiger partial charge in [0.2, 0.25) is 5.91 Å². The number of carboxylic acids is 1. The molecule has 0 radical (unpaired) electrons. The van der Waals surface area contributed by atoms with Crippen LogP contribution in [-0.2, 0) is 17.6 Å². The van der Waals surface area contributed by atoms with E-state index in [4.69, 9.17) is 9.84 Å². The number of nitrogens with zero attached hydrogens (tertiary/aromatic N) is 3. The molecule has 1 aromatic carbocycles. The Morgan fingerprint density at radius 1 is 1.27 bits per heavy atom. The van der Waals surface area contributed by atoms with Crippen LogP contribution >= 0.6 is 0 Å². The molecule has 0 spiro atoms. The van der Waals surface area contributed by atoms with Gasteiger partial charge >= 0.3 is 5.97 Å². The van der Waals surface area contributed by atoms with E-state index in [0.717, 1.165) is 37.2 Å². The van der Waals surface area contributed by atoms with Crippen LogP contribution in [0.5, 0.6) is 5.75 Å². The molecule has 1 amide bonds. The van der Waals surface area contributed by atoms with Crippen LogP contribution in [0.4, 0.5) is 0 Å². The van der Waals surface area contributed by atoms with E-state index >= 15 is 0 Å². The van der Waals surface area contributed by atoms with Gasteiger partial charge in [-0.1, -0.05) is 12.1 Å². The van der Waals surface area contributed by atoms with Crippen molar-refractivity contribution in [3.05, 3.63) is 47.3 Å². The Morgan fingerprint density at radius 3 is 2.81 bits per heavy atom. The molecular formula is C19H21N3O4. The Hall–Kier alpha value is -2.83. The summed E-state index contributed by atoms with van der Waals surface area (Å²) in [6.07, 6.45) is 5.82. The number of piperidine rings is 1. The van der Waals surface area contributed by atoms with Crippen LogP contribution in [0.25, 0.3) is 0 Å². The lowest BCUT2D eigenvalue weighted by atomic mass is 10.0. The number of likely N-dealkylation sites (tertiary alicyclic amines) is 1. The monoisotopic (exact) mass is 355 g/mol. The number of carboxylic acid groups (broad SMARTS) is 1. The van der Waals surface area contributed by atoms with E-state index in [1.807, 2.05) is 17.0 Å². The van der Waals surface area contributed by atoms with Gasteiger partial charge in [0.05, 0.1) is 30.8 Å². The molecule has 7 heteroatoms. The standard InChI is InChI=1S/C19H21N3O4/c23-18(10-13-1-2-17-14(9-13)5-8-26-17)21-6-3-16(4-7-21)22-12-15(11-20-22)19(24)25/h1-2,9,11-12,16H,3-8,10H2,(H,24,25). The second-order valence-corrected chi connectivity index (χ2v) is 6.84. The number of fused-ring (bicyclic) bond motifs is 1. The highest BCUT2D eigenvalue weighted by Crippen LogP contribution is 2.27. The van der Waals surface area contributed by atoms with Gasteiger partial charge in [0.15, 0.2) is 0 Å². The van der Waals surface area contributed by atoms with Crippen LogP contribution < -0.4 is 4.74 Å². The summed E-state index contributed by atoms with van der Waals surface area (Å²) in [4.78, 5) is 25.5. The third-order valence-corrected chi connectivity index (χ3v) is 5.15. The Kier molecular flexibility index (Phi) is 4.36. The summed E-state index contributed by atoms with van der Waals surface area (Å²) < 4.78 is 7.22. The summed E-state index contributed by atoms with van der Waals surface area (Å²) in [5, 5.41) is 13.1. The number of hydrogen-bond donors (Lipinski definition) is 1. The maximum absolute atomic E-state index is 12.6. The molecule has 1 N–H and O–H groups in total. The number of rotatable bonds is 4. The Balaban J connectivity index is 1.33. The third kappa shape index (κ3) is 3.29. The second-order valence-electron chi connectivity index (χ2n) is 6.84. The van der Waals surface area contributed by atoms with Crippen LogP contribution in [0, 0.1) is 0 Å². The van der Waals surface area contributed by atoms with Crippen LogP contribution in [-0.4, -0.2) is 51.4 Å². The Labute approximate surface area is 151 Å². The number of ether oxygens (including phenoxy) is 1. The zero-order valence-corrected chi connectivity index (χ0v) is 14.4. The smallest absolute Gasteiger partial charge is 0.338 e. The van der Waals surface area contributed by atoms with Crippen molar-refractivity contribution in [3.63, 3.8) is 0 Å². The van der Waals surface area contributed by atoms with Gasteiger partial charge in [0.25, 0.3) is 0 Å². The van der Waals surface area contributed by atoms with Gasteiger partial charge in [0.1, 0.15) is 5.75 Å². The van der Waals surface area contributed by atoms with Crippen molar-refractivity contribution in [1.29, 1.82) is 0 Å². The molecule has 4 rings (SSSR count). The molecule has 0 bridgehead atoms. The van der Waals surface area contributed by atoms with Crippen molar-refractivity contribution in [2.45, 2.75) is 31.7 Å². The summed E-state index contributed by atoms with van der Waals surface area (Å²) in [5.41, 5.74) is 2.41. The van der Waals surface area contributed by atoms with Gasteiger partial charge in [0, 0.05) is 25.7 Å². The molecule has 1 saturated heterocycles. The minimum atomic E-state index is -0.969. The summed E-state index contributed by atoms with van der Waals surface area (Å²) >= 11 is 0. The molecule has 3 heterocycles. The third-order valence-electron chi connectivity index (χ3n) is 5.15. The van der Waals surface area contributed by atoms with Crippen LogP contribution in [0.2, 0.25) is 0 Å². The largest absolute Gasteiger partial charge is 0.493 e. The molecular weight excluding hydrogens is 334 g/mol. The van der Waals surface area contributed by atoms with E-state index in [1.54, 1.807) is 10.9 Å². The zero-order valence-electron chi connectivity index (χ0n) is 14.4. The first-order valence-corrected chi connectivity index (χ1v) is 8.90. The molecule has 136 valence electrons. The number of hydrogen-bond acceptors (Lipinski definition) is 4. The van der Waals surface area contributed by atoms with Gasteiger partial charge in [-0.25, -0.2) is 4.79 Å². The van der Waals surface area contributed by atoms with E-state index in [1.165, 1.54) is 11.8 Å². The minimum absolute atomic E-state index is 0.133. The van der Waals surface area contributed by atoms with Gasteiger partial charge in [-0.3, -0.25) is 9.48 Å². The molecule has 1 fully saturated rings. The first kappa shape index (κ1) is 16.6. The fraction of sp³-hybridized carbons (Fsp3) is 0.421. The Bertz CT molecular complexity index is 837. The lowest BCUT2D eigenvalue weighted by molar-refractivity contribution is -0.131. The molecule has 2 aliphatic heterocycles. The summed E-state index contributed by atoms with van der Waals surface area (Å²) in [7, 11) is 0. The van der Waals surface area contributed by atoms with Crippen molar-refractivity contribution in [2.24, 2.45) is 0 Å². The fourth-order valence-electron chi connectivity index (χ4n) is 3.66. The van der Waals surface area contributed by atoms with Gasteiger partial charge in [-0.05, 0) is 30.0 Å². The van der Waals surface area contributed by atoms with Gasteiger partial charge in [-0.2, -0.15) is 5.10 Å². The Morgan fingerprint density at radius 2 is 2.08 bits per heavy atom. The lowest BCUT2D eigenvalue weighted by Crippen LogP contribution is -2.40. The second kappa shape index (κ2) is 6.82. The van der Waals surface area contributed by atoms with E-state index in [2.05, 4.69) is 11.2 Å². The molecule has 2 aromatic rings. The average Bonchev–Trinajstić information content (AvgIpc) is 3.31. The molecule has 0 unspecified atom stereocenters. The van der Waals surface area contributed by atoms with Crippen LogP contribution in [0.15, 0.2) is 30.6 Å².